The number of nitrogens with two attached hydrogens (primary N) is 1. The number of hydrogen-bond donors (Lipinski definition) is 2. The van der Waals surface area contributed by atoms with Crippen LogP contribution in [0.3, 0.4) is 0 Å². The number of nitrogens with zero attached hydrogens (tertiary/aromatic N) is 1. The highest BCUT2D eigenvalue weighted by Crippen LogP contribution is 2.38. The summed E-state index contributed by atoms with van der Waals surface area (Å²) in [5.41, 5.74) is 5.96. The van der Waals surface area contributed by atoms with E-state index in [1.54, 1.807) is 17.8 Å². The average molecular weight is 428 g/mol. The summed E-state index contributed by atoms with van der Waals surface area (Å²) in [6.07, 6.45) is 3.89. The van der Waals surface area contributed by atoms with Crippen molar-refractivity contribution in [3.05, 3.63) is 27.8 Å². The number of rotatable bonds is 12. The molecule has 162 valence electrons. The van der Waals surface area contributed by atoms with Gasteiger partial charge in [-0.1, -0.05) is 0 Å². The molecule has 1 unspecified atom stereocenters. The Kier molecular flexibility index (Phi) is 10.0. The molecule has 0 saturated carbocycles. The van der Waals surface area contributed by atoms with Crippen LogP contribution in [0.1, 0.15) is 37.7 Å². The standard InChI is InChI=1S/C19H29N3O6S/c1-26-16-11-14(13-29-19-6-2-3-9-28-19)15(22(24)25)12-17(16)27-10-4-5-18(23)21-8-7-20/h11-12,19H,2-10,13,20H2,1H3,(H,21,23). The lowest BCUT2D eigenvalue weighted by Crippen LogP contribution is -2.29. The van der Waals surface area contributed by atoms with Crippen LogP contribution in [0, 0.1) is 10.1 Å². The van der Waals surface area contributed by atoms with E-state index in [1.165, 1.54) is 13.2 Å². The van der Waals surface area contributed by atoms with E-state index in [9.17, 15) is 14.9 Å². The summed E-state index contributed by atoms with van der Waals surface area (Å²) >= 11 is 1.56. The molecule has 1 aliphatic heterocycles. The van der Waals surface area contributed by atoms with Gasteiger partial charge in [0.25, 0.3) is 5.69 Å². The molecule has 0 aromatic heterocycles. The molecule has 1 aromatic carbocycles. The minimum atomic E-state index is -0.413. The lowest BCUT2D eigenvalue weighted by atomic mass is 10.1. The van der Waals surface area contributed by atoms with Crippen molar-refractivity contribution < 1.29 is 23.9 Å². The summed E-state index contributed by atoms with van der Waals surface area (Å²) < 4.78 is 16.7. The molecule has 1 fully saturated rings. The number of nitro benzene ring substituents is 1. The zero-order chi connectivity index (χ0) is 21.1. The highest BCUT2D eigenvalue weighted by atomic mass is 32.2. The van der Waals surface area contributed by atoms with Crippen molar-refractivity contribution in [3.8, 4) is 11.5 Å². The lowest BCUT2D eigenvalue weighted by molar-refractivity contribution is -0.385. The van der Waals surface area contributed by atoms with Gasteiger partial charge in [-0.2, -0.15) is 0 Å². The average Bonchev–Trinajstić information content (AvgIpc) is 2.74. The van der Waals surface area contributed by atoms with Crippen LogP contribution >= 0.6 is 11.8 Å². The summed E-state index contributed by atoms with van der Waals surface area (Å²) in [5, 5.41) is 14.2. The summed E-state index contributed by atoms with van der Waals surface area (Å²) in [5.74, 6) is 1.08. The maximum Gasteiger partial charge on any atom is 0.277 e. The van der Waals surface area contributed by atoms with E-state index in [0.717, 1.165) is 25.9 Å². The maximum atomic E-state index is 11.6. The van der Waals surface area contributed by atoms with Crippen molar-refractivity contribution in [1.29, 1.82) is 0 Å². The topological polar surface area (TPSA) is 126 Å². The van der Waals surface area contributed by atoms with Gasteiger partial charge in [0.2, 0.25) is 5.91 Å². The number of nitro groups is 1. The van der Waals surface area contributed by atoms with E-state index in [2.05, 4.69) is 5.32 Å². The Morgan fingerprint density at radius 1 is 1.41 bits per heavy atom. The van der Waals surface area contributed by atoms with Crippen molar-refractivity contribution >= 4 is 23.4 Å². The third-order valence-electron chi connectivity index (χ3n) is 4.40. The quantitative estimate of drug-likeness (QED) is 0.296. The normalized spacial score (nSPS) is 16.3. The SMILES string of the molecule is COc1cc(CSC2CCCCO2)c([N+](=O)[O-])cc1OCCCC(=O)NCCN. The van der Waals surface area contributed by atoms with Crippen molar-refractivity contribution in [2.24, 2.45) is 5.73 Å². The molecular formula is C19H29N3O6S. The summed E-state index contributed by atoms with van der Waals surface area (Å²) in [4.78, 5) is 22.7. The largest absolute Gasteiger partial charge is 0.493 e. The predicted molar refractivity (Wildman–Crippen MR) is 111 cm³/mol. The molecule has 1 saturated heterocycles. The Hall–Kier alpha value is -2.04. The molecule has 0 radical (unpaired) electrons. The van der Waals surface area contributed by atoms with Crippen LogP contribution in [0.4, 0.5) is 5.69 Å². The van der Waals surface area contributed by atoms with Crippen LogP contribution in [0.25, 0.3) is 0 Å². The number of ether oxygens (including phenoxy) is 3. The second-order valence-corrected chi connectivity index (χ2v) is 7.73. The first-order valence-corrected chi connectivity index (χ1v) is 10.8. The number of carbonyl (C=O) groups is 1. The van der Waals surface area contributed by atoms with Crippen LogP contribution in [0.15, 0.2) is 12.1 Å². The monoisotopic (exact) mass is 427 g/mol. The fourth-order valence-corrected chi connectivity index (χ4v) is 4.01. The smallest absolute Gasteiger partial charge is 0.277 e. The van der Waals surface area contributed by atoms with Crippen LogP contribution in [-0.4, -0.2) is 49.7 Å². The fraction of sp³-hybridized carbons (Fsp3) is 0.632. The number of methoxy groups -OCH3 is 1. The van der Waals surface area contributed by atoms with E-state index < -0.39 is 4.92 Å². The number of hydrogen-bond acceptors (Lipinski definition) is 8. The number of benzene rings is 1. The van der Waals surface area contributed by atoms with E-state index in [1.807, 2.05) is 0 Å². The highest BCUT2D eigenvalue weighted by Gasteiger charge is 2.22. The number of carbonyl (C=O) groups excluding carboxylic acids is 1. The third-order valence-corrected chi connectivity index (χ3v) is 5.62. The highest BCUT2D eigenvalue weighted by molar-refractivity contribution is 7.99. The first-order valence-electron chi connectivity index (χ1n) is 9.73. The molecule has 0 spiro atoms. The molecule has 3 N–H and O–H groups in total. The van der Waals surface area contributed by atoms with Gasteiger partial charge < -0.3 is 25.3 Å². The van der Waals surface area contributed by atoms with Crippen LogP contribution < -0.4 is 20.5 Å². The zero-order valence-electron chi connectivity index (χ0n) is 16.7. The molecule has 10 heteroatoms. The van der Waals surface area contributed by atoms with E-state index >= 15 is 0 Å². The molecule has 29 heavy (non-hydrogen) atoms. The molecule has 0 bridgehead atoms. The van der Waals surface area contributed by atoms with Gasteiger partial charge in [-0.3, -0.25) is 14.9 Å². The molecule has 1 heterocycles. The van der Waals surface area contributed by atoms with Gasteiger partial charge in [-0.15, -0.1) is 11.8 Å². The van der Waals surface area contributed by atoms with Crippen LogP contribution in [-0.2, 0) is 15.3 Å². The fourth-order valence-electron chi connectivity index (χ4n) is 2.89. The van der Waals surface area contributed by atoms with Gasteiger partial charge >= 0.3 is 0 Å². The summed E-state index contributed by atoms with van der Waals surface area (Å²) in [6.45, 7) is 1.80. The first-order chi connectivity index (χ1) is 14.0. The number of amides is 1. The maximum absolute atomic E-state index is 11.6. The molecule has 1 atom stereocenters. The van der Waals surface area contributed by atoms with Gasteiger partial charge in [0.15, 0.2) is 11.5 Å². The van der Waals surface area contributed by atoms with Crippen molar-refractivity contribution in [3.63, 3.8) is 0 Å². The lowest BCUT2D eigenvalue weighted by Gasteiger charge is -2.22. The van der Waals surface area contributed by atoms with Gasteiger partial charge in [0.05, 0.1) is 24.7 Å². The van der Waals surface area contributed by atoms with Gasteiger partial charge in [-0.25, -0.2) is 0 Å². The molecule has 2 rings (SSSR count). The van der Waals surface area contributed by atoms with E-state index in [-0.39, 0.29) is 23.6 Å². The van der Waals surface area contributed by atoms with Crippen molar-refractivity contribution in [1.82, 2.24) is 5.32 Å². The second kappa shape index (κ2) is 12.5. The first kappa shape index (κ1) is 23.2. The molecule has 0 aliphatic carbocycles. The Bertz CT molecular complexity index is 682. The minimum absolute atomic E-state index is 0.00945. The number of thioether (sulfide) groups is 1. The van der Waals surface area contributed by atoms with Gasteiger partial charge in [-0.05, 0) is 31.7 Å². The number of nitrogens with one attached hydrogen (secondary N) is 1. The van der Waals surface area contributed by atoms with Gasteiger partial charge in [0.1, 0.15) is 5.44 Å². The predicted octanol–water partition coefficient (Wildman–Crippen LogP) is 2.60. The molecule has 1 aliphatic rings. The Labute approximate surface area is 174 Å². The third kappa shape index (κ3) is 7.71. The van der Waals surface area contributed by atoms with Crippen molar-refractivity contribution in [2.75, 3.05) is 33.4 Å². The summed E-state index contributed by atoms with van der Waals surface area (Å²) in [7, 11) is 1.50. The Balaban J connectivity index is 1.98. The second-order valence-electron chi connectivity index (χ2n) is 6.59. The minimum Gasteiger partial charge on any atom is -0.493 e. The summed E-state index contributed by atoms with van der Waals surface area (Å²) in [6, 6.07) is 3.04. The molecule has 1 amide bonds. The Morgan fingerprint density at radius 3 is 2.90 bits per heavy atom. The molecule has 1 aromatic rings. The van der Waals surface area contributed by atoms with Crippen LogP contribution in [0.5, 0.6) is 11.5 Å². The van der Waals surface area contributed by atoms with Crippen LogP contribution in [0.2, 0.25) is 0 Å². The molecular weight excluding hydrogens is 398 g/mol. The van der Waals surface area contributed by atoms with E-state index in [4.69, 9.17) is 19.9 Å². The van der Waals surface area contributed by atoms with Gasteiger partial charge in [0, 0.05) is 37.4 Å². The Morgan fingerprint density at radius 2 is 2.24 bits per heavy atom. The van der Waals surface area contributed by atoms with E-state index in [0.29, 0.717) is 48.7 Å². The molecule has 9 nitrogen and oxygen atoms in total. The zero-order valence-corrected chi connectivity index (χ0v) is 17.5. The van der Waals surface area contributed by atoms with Crippen molar-refractivity contribution in [2.45, 2.75) is 43.3 Å².